The molecule has 0 aliphatic carbocycles. The van der Waals surface area contributed by atoms with Gasteiger partial charge in [0, 0.05) is 42.2 Å². The van der Waals surface area contributed by atoms with Crippen molar-refractivity contribution in [3.63, 3.8) is 0 Å². The Balaban J connectivity index is 0.00000338. The van der Waals surface area contributed by atoms with Gasteiger partial charge in [0.25, 0.3) is 0 Å². The van der Waals surface area contributed by atoms with E-state index in [1.807, 2.05) is 26.8 Å². The smallest absolute Gasteiger partial charge is 1.00 e. The molecule has 0 spiro atoms. The molecule has 18 heteroatoms. The number of hydrogen-bond donors (Lipinski definition) is 6. The number of nitrogens with one attached hydrogen (secondary N) is 2. The van der Waals surface area contributed by atoms with Crippen molar-refractivity contribution in [1.82, 2.24) is 10.3 Å². The molecule has 0 fully saturated rings. The van der Waals surface area contributed by atoms with Crippen LogP contribution in [0.4, 0.5) is 0 Å². The summed E-state index contributed by atoms with van der Waals surface area (Å²) in [4.78, 5) is 69.0. The fourth-order valence-electron chi connectivity index (χ4n) is 6.39. The van der Waals surface area contributed by atoms with Crippen molar-refractivity contribution in [1.29, 1.82) is 0 Å². The number of aliphatic carboxylic acids is 4. The molecule has 276 valence electrons. The summed E-state index contributed by atoms with van der Waals surface area (Å²) in [7, 11) is 0. The Morgan fingerprint density at radius 1 is 0.731 bits per heavy atom. The molecule has 1 aromatic rings. The zero-order chi connectivity index (χ0) is 34.9. The molecular weight excluding hydrogens is 796 g/mol. The Morgan fingerprint density at radius 2 is 1.29 bits per heavy atom. The summed E-state index contributed by atoms with van der Waals surface area (Å²) in [6, 6.07) is 0. The Bertz CT molecular complexity index is 2010. The van der Waals surface area contributed by atoms with E-state index in [1.165, 1.54) is 0 Å². The molecular formula is C34H38Cl3GaN6O8. The summed E-state index contributed by atoms with van der Waals surface area (Å²) < 4.78 is 0. The zero-order valence-electron chi connectivity index (χ0n) is 28.9. The number of allylic oxidation sites excluding steroid dienone is 2. The average Bonchev–Trinajstić information content (AvgIpc) is 3.65. The van der Waals surface area contributed by atoms with Gasteiger partial charge in [0.05, 0.1) is 16.9 Å². The Morgan fingerprint density at radius 3 is 1.88 bits per heavy atom. The standard InChI is InChI=1S/C34H38N6O8.3ClH.Ga/c1-16-20(6-10-27(43)44)23-13-24-21(7-11-28(45)46)17(2)30(36-24)37-31-18(3)22(8-12-29(47)48)33(38-31)39-32-19(5-9-26(41)42)14-34(4,40-32)15-25(16)35-23;;;;/h13,15,40H,5-12,14H2,1-4H3,(H,41,42)(H,43,44)(H,45,46)(H,47,48)(H,36,37,38,39);3*1H;/q;;;;+3/p-3. The van der Waals surface area contributed by atoms with Gasteiger partial charge in [-0.1, -0.05) is 0 Å². The van der Waals surface area contributed by atoms with Crippen molar-refractivity contribution in [3.8, 4) is 0 Å². The van der Waals surface area contributed by atoms with Gasteiger partial charge >= 0.3 is 43.7 Å². The number of carbonyl (C=O) groups is 4. The fraction of sp³-hybridized carbons (Fsp3) is 0.412. The number of halogens is 3. The van der Waals surface area contributed by atoms with E-state index in [2.05, 4.69) is 10.3 Å². The van der Waals surface area contributed by atoms with Crippen LogP contribution in [-0.4, -0.2) is 92.0 Å². The van der Waals surface area contributed by atoms with Crippen molar-refractivity contribution in [3.05, 3.63) is 67.4 Å². The molecule has 5 heterocycles. The molecule has 8 bridgehead atoms. The van der Waals surface area contributed by atoms with Crippen LogP contribution < -0.4 is 53.4 Å². The number of aliphatic imine (C=N–C) groups is 3. The quantitative estimate of drug-likeness (QED) is 0.110. The van der Waals surface area contributed by atoms with Crippen molar-refractivity contribution in [2.75, 3.05) is 0 Å². The zero-order valence-corrected chi connectivity index (χ0v) is 33.6. The van der Waals surface area contributed by atoms with Crippen LogP contribution in [0.1, 0.15) is 83.3 Å². The first-order chi connectivity index (χ1) is 22.6. The minimum Gasteiger partial charge on any atom is -1.00 e. The Kier molecular flexibility index (Phi) is 16.6. The fourth-order valence-corrected chi connectivity index (χ4v) is 6.39. The number of H-pyrrole nitrogens is 1. The number of aromatic amines is 1. The predicted molar refractivity (Wildman–Crippen MR) is 182 cm³/mol. The van der Waals surface area contributed by atoms with E-state index in [0.29, 0.717) is 57.0 Å². The summed E-state index contributed by atoms with van der Waals surface area (Å²) in [5.74, 6) is -2.82. The van der Waals surface area contributed by atoms with Gasteiger partial charge in [-0.2, -0.15) is 0 Å². The number of carboxylic acids is 4. The third-order valence-corrected chi connectivity index (χ3v) is 8.94. The number of fused-ring (bicyclic) bond motifs is 6. The molecule has 0 aromatic carbocycles. The molecule has 1 aromatic heterocycles. The molecule has 4 aliphatic rings. The van der Waals surface area contributed by atoms with Gasteiger partial charge in [-0.25, -0.2) is 20.0 Å². The van der Waals surface area contributed by atoms with E-state index in [1.54, 1.807) is 13.0 Å². The molecule has 5 rings (SSSR count). The summed E-state index contributed by atoms with van der Waals surface area (Å²) in [6.45, 7) is 7.43. The van der Waals surface area contributed by atoms with Crippen LogP contribution in [0.2, 0.25) is 0 Å². The number of carboxylic acid groups (broad SMARTS) is 4. The summed E-state index contributed by atoms with van der Waals surface area (Å²) >= 11 is 0. The maximum Gasteiger partial charge on any atom is 3.00 e. The average molecular weight is 835 g/mol. The van der Waals surface area contributed by atoms with E-state index in [9.17, 15) is 39.6 Å². The van der Waals surface area contributed by atoms with Gasteiger partial charge in [-0.3, -0.25) is 19.2 Å². The topological polar surface area (TPSA) is 226 Å². The predicted octanol–water partition coefficient (Wildman–Crippen LogP) is -6.27. The molecule has 0 radical (unpaired) electrons. The molecule has 14 nitrogen and oxygen atoms in total. The van der Waals surface area contributed by atoms with Crippen LogP contribution in [0.15, 0.2) is 65.4 Å². The molecule has 0 saturated carbocycles. The minimum absolute atomic E-state index is 0. The maximum absolute atomic E-state index is 11.6. The number of aromatic nitrogens is 1. The van der Waals surface area contributed by atoms with Crippen molar-refractivity contribution < 1.29 is 76.8 Å². The molecule has 4 aliphatic heterocycles. The van der Waals surface area contributed by atoms with Gasteiger partial charge in [0.1, 0.15) is 11.3 Å². The third kappa shape index (κ3) is 10.4. The normalized spacial score (nSPS) is 18.5. The third-order valence-electron chi connectivity index (χ3n) is 8.94. The minimum atomic E-state index is -0.983. The monoisotopic (exact) mass is 832 g/mol. The van der Waals surface area contributed by atoms with Crippen molar-refractivity contribution >= 4 is 67.1 Å². The van der Waals surface area contributed by atoms with Gasteiger partial charge in [-0.05, 0) is 99.8 Å². The Hall–Kier alpha value is -3.89. The molecule has 52 heavy (non-hydrogen) atoms. The van der Waals surface area contributed by atoms with Crippen molar-refractivity contribution in [2.24, 2.45) is 20.0 Å². The second-order valence-electron chi connectivity index (χ2n) is 12.6. The Labute approximate surface area is 331 Å². The number of hydrogen-bond acceptors (Lipinski definition) is 9. The first-order valence-electron chi connectivity index (χ1n) is 15.7. The van der Waals surface area contributed by atoms with Gasteiger partial charge in [0.15, 0.2) is 11.7 Å². The van der Waals surface area contributed by atoms with Crippen LogP contribution in [-0.2, 0) is 25.6 Å². The molecule has 0 amide bonds. The number of nitrogens with zero attached hydrogens (tertiary/aromatic N) is 4. The molecule has 1 unspecified atom stereocenters. The van der Waals surface area contributed by atoms with E-state index in [4.69, 9.17) is 20.0 Å². The largest absolute Gasteiger partial charge is 3.00 e. The SMILES string of the molecule is CC1=C(CCC(=O)O)C2=NC1=CC1(C)CC(CCC(=O)O)=C(N=C3N=C(N=c4[nH]c(c(CCC(=O)O)c4C)=C2)C(C)=C3CCC(=O)O)N1.[Cl-].[Cl-].[Cl-].[Ga+3]. The van der Waals surface area contributed by atoms with E-state index in [0.717, 1.165) is 22.3 Å². The van der Waals surface area contributed by atoms with Gasteiger partial charge < -0.3 is 67.9 Å². The first kappa shape index (κ1) is 46.1. The maximum atomic E-state index is 11.6. The second kappa shape index (κ2) is 18.7. The number of rotatable bonds is 12. The van der Waals surface area contributed by atoms with Crippen molar-refractivity contribution in [2.45, 2.75) is 91.0 Å². The molecule has 6 N–H and O–H groups in total. The van der Waals surface area contributed by atoms with Gasteiger partial charge in [-0.15, -0.1) is 0 Å². The summed E-state index contributed by atoms with van der Waals surface area (Å²) in [6.07, 6.45) is 4.43. The second-order valence-corrected chi connectivity index (χ2v) is 12.6. The first-order valence-corrected chi connectivity index (χ1v) is 15.7. The molecule has 0 saturated heterocycles. The van der Waals surface area contributed by atoms with E-state index >= 15 is 0 Å². The van der Waals surface area contributed by atoms with Crippen LogP contribution >= 0.6 is 0 Å². The van der Waals surface area contributed by atoms with Crippen LogP contribution in [0.3, 0.4) is 0 Å². The van der Waals surface area contributed by atoms with Gasteiger partial charge in [0.2, 0.25) is 0 Å². The van der Waals surface area contributed by atoms with E-state index in [-0.39, 0.29) is 114 Å². The summed E-state index contributed by atoms with van der Waals surface area (Å²) in [5.41, 5.74) is 5.81. The van der Waals surface area contributed by atoms with Crippen LogP contribution in [0.5, 0.6) is 0 Å². The molecule has 1 atom stereocenters. The van der Waals surface area contributed by atoms with Crippen LogP contribution in [0, 0.1) is 6.92 Å². The van der Waals surface area contributed by atoms with Crippen LogP contribution in [0.25, 0.3) is 6.08 Å². The van der Waals surface area contributed by atoms with E-state index < -0.39 is 29.4 Å². The summed E-state index contributed by atoms with van der Waals surface area (Å²) in [5, 5.41) is 41.9. The number of amidine groups is 2.